The van der Waals surface area contributed by atoms with Gasteiger partial charge in [-0.1, -0.05) is 0 Å². The molecular formula is C48H56Cl2SiZr. The first-order chi connectivity index (χ1) is 23.5. The molecule has 0 aliphatic heterocycles. The molecular weight excluding hydrogens is 767 g/mol. The van der Waals surface area contributed by atoms with Gasteiger partial charge in [-0.25, -0.2) is 0 Å². The second-order valence-electron chi connectivity index (χ2n) is 17.9. The maximum atomic E-state index is 2.78. The zero-order valence-corrected chi connectivity index (χ0v) is 38.2. The Hall–Kier alpha value is -2.74. The molecule has 0 bridgehead atoms. The van der Waals surface area contributed by atoms with Gasteiger partial charge in [-0.15, -0.1) is 24.8 Å². The topological polar surface area (TPSA) is 0 Å². The molecule has 5 aromatic carbocycles. The average Bonchev–Trinajstić information content (AvgIpc) is 3.64. The summed E-state index contributed by atoms with van der Waals surface area (Å²) >= 11 is -3.81. The van der Waals surface area contributed by atoms with Crippen LogP contribution in [0.15, 0.2) is 114 Å². The minimum absolute atomic E-state index is 0. The molecule has 7 rings (SSSR count). The van der Waals surface area contributed by atoms with Gasteiger partial charge in [0.25, 0.3) is 0 Å². The summed E-state index contributed by atoms with van der Waals surface area (Å²) in [6.07, 6.45) is 5.17. The number of fused-ring (bicyclic) bond motifs is 2. The molecule has 0 heterocycles. The van der Waals surface area contributed by atoms with Gasteiger partial charge in [0.1, 0.15) is 0 Å². The van der Waals surface area contributed by atoms with Crippen molar-refractivity contribution in [1.82, 2.24) is 0 Å². The second kappa shape index (κ2) is 14.5. The van der Waals surface area contributed by atoms with Crippen LogP contribution < -0.4 is 0 Å². The van der Waals surface area contributed by atoms with Crippen LogP contribution >= 0.6 is 24.8 Å². The van der Waals surface area contributed by atoms with E-state index in [1.54, 1.807) is 22.3 Å². The Labute approximate surface area is 328 Å². The predicted octanol–water partition coefficient (Wildman–Crippen LogP) is 14.0. The van der Waals surface area contributed by atoms with Crippen LogP contribution in [-0.4, -0.2) is 6.88 Å². The van der Waals surface area contributed by atoms with Crippen molar-refractivity contribution in [2.75, 3.05) is 0 Å². The van der Waals surface area contributed by atoms with E-state index in [-0.39, 0.29) is 30.2 Å². The monoisotopic (exact) mass is 820 g/mol. The predicted molar refractivity (Wildman–Crippen MR) is 234 cm³/mol. The molecule has 2 aliphatic rings. The van der Waals surface area contributed by atoms with Gasteiger partial charge in [0, 0.05) is 0 Å². The van der Waals surface area contributed by atoms with Crippen LogP contribution in [0, 0.1) is 19.8 Å². The van der Waals surface area contributed by atoms with Crippen LogP contribution in [0.1, 0.15) is 87.7 Å². The van der Waals surface area contributed by atoms with E-state index in [4.69, 9.17) is 0 Å². The smallest absolute Gasteiger partial charge is 0.147 e. The Morgan fingerprint density at radius 1 is 0.577 bits per heavy atom. The molecule has 2 unspecified atom stereocenters. The number of allylic oxidation sites excluding steroid dienone is 2. The summed E-state index contributed by atoms with van der Waals surface area (Å²) in [6.45, 7) is 21.0. The van der Waals surface area contributed by atoms with E-state index in [0.717, 1.165) is 0 Å². The summed E-state index contributed by atoms with van der Waals surface area (Å²) in [7, 11) is 0. The van der Waals surface area contributed by atoms with E-state index in [1.165, 1.54) is 61.2 Å². The summed E-state index contributed by atoms with van der Waals surface area (Å²) in [4.78, 5) is 0. The first kappa shape index (κ1) is 40.4. The van der Waals surface area contributed by atoms with Gasteiger partial charge < -0.3 is 0 Å². The summed E-state index contributed by atoms with van der Waals surface area (Å²) in [5, 5.41) is 0. The molecule has 0 saturated carbocycles. The first-order valence-corrected chi connectivity index (χ1v) is 32.2. The van der Waals surface area contributed by atoms with E-state index < -0.39 is 17.4 Å². The number of rotatable bonds is 6. The van der Waals surface area contributed by atoms with Crippen molar-refractivity contribution in [3.8, 4) is 33.4 Å². The summed E-state index contributed by atoms with van der Waals surface area (Å²) < 4.78 is 6.49. The van der Waals surface area contributed by atoms with Crippen LogP contribution in [0.5, 0.6) is 0 Å². The largest absolute Gasteiger partial charge is 0.147 e. The van der Waals surface area contributed by atoms with Gasteiger partial charge in [0.05, 0.1) is 0 Å². The molecule has 0 radical (unpaired) electrons. The molecule has 0 N–H and O–H groups in total. The van der Waals surface area contributed by atoms with E-state index in [1.807, 2.05) is 0 Å². The molecule has 0 nitrogen and oxygen atoms in total. The third-order valence-corrected chi connectivity index (χ3v) is 29.4. The van der Waals surface area contributed by atoms with Crippen molar-refractivity contribution in [3.05, 3.63) is 153 Å². The Morgan fingerprint density at radius 2 is 1.10 bits per heavy atom. The van der Waals surface area contributed by atoms with E-state index in [2.05, 4.69) is 187 Å². The average molecular weight is 823 g/mol. The molecule has 0 amide bonds. The molecule has 0 aromatic heterocycles. The van der Waals surface area contributed by atoms with Crippen molar-refractivity contribution in [2.24, 2.45) is 5.92 Å². The van der Waals surface area contributed by atoms with Crippen LogP contribution in [0.25, 0.3) is 45.5 Å². The second-order valence-corrected chi connectivity index (χ2v) is 48.4. The maximum Gasteiger partial charge on any atom is -0.147 e. The minimum Gasteiger partial charge on any atom is -0.147 e. The Kier molecular flexibility index (Phi) is 11.3. The van der Waals surface area contributed by atoms with Crippen LogP contribution in [-0.2, 0) is 22.8 Å². The molecule has 0 spiro atoms. The molecule has 52 heavy (non-hydrogen) atoms. The van der Waals surface area contributed by atoms with Crippen LogP contribution in [0.3, 0.4) is 0 Å². The fraction of sp³-hybridized carbons (Fsp3) is 0.292. The molecule has 2 aliphatic carbocycles. The van der Waals surface area contributed by atoms with E-state index >= 15 is 0 Å². The summed E-state index contributed by atoms with van der Waals surface area (Å²) in [5.74, 6) is 0.480. The first-order valence-electron chi connectivity index (χ1n) is 18.5. The van der Waals surface area contributed by atoms with E-state index in [0.29, 0.717) is 13.2 Å². The molecule has 2 atom stereocenters. The number of hydrogen-bond acceptors (Lipinski definition) is 0. The number of hydrogen-bond donors (Lipinski definition) is 0. The molecule has 4 heteroatoms. The van der Waals surface area contributed by atoms with E-state index in [9.17, 15) is 0 Å². The Morgan fingerprint density at radius 3 is 1.65 bits per heavy atom. The van der Waals surface area contributed by atoms with Crippen molar-refractivity contribution < 1.29 is 17.4 Å². The fourth-order valence-corrected chi connectivity index (χ4v) is 29.9. The summed E-state index contributed by atoms with van der Waals surface area (Å²) in [5.41, 5.74) is 21.3. The number of halogens is 2. The van der Waals surface area contributed by atoms with Gasteiger partial charge in [-0.3, -0.25) is 0 Å². The SMILES string of the molecule is CC1=Cc2c(-c3ccc(C)cc3)cc(-c3ccc(C)cc3)cc2[CH]1[Zr]([CH3])([CH3])(=[SiH2])[CH]1C(C(C)C)=Cc2c(-c3ccc(C(C)(C)C)cc3)cccc21.Cl.Cl. The minimum atomic E-state index is -3.81. The zero-order chi connectivity index (χ0) is 35.8. The Bertz CT molecular complexity index is 2260. The zero-order valence-electron chi connectivity index (χ0n) is 32.7. The molecule has 0 fully saturated rings. The standard InChI is InChI=1S/C24H21.C22H25.2CH3.2ClH.H2Si.Zr/c1-16-4-8-19(9-5-16)21-14-22-12-18(3)13-23(22)24(15-21)20-10-6-17(2)7-11-20;1-15(2)18-13-17-7-6-8-20(21(17)14-18)16-9-11-19(12-10-16)22(3,4)5;;;;;;/h4-15H,1-3H3;6-15H,1-5H3;2*1H3;2*1H;1H2;. The number of aryl methyl sites for hydroxylation is 2. The van der Waals surface area contributed by atoms with Crippen LogP contribution in [0.2, 0.25) is 9.26 Å². The van der Waals surface area contributed by atoms with Crippen molar-refractivity contribution in [1.29, 1.82) is 0 Å². The van der Waals surface area contributed by atoms with Gasteiger partial charge in [0.2, 0.25) is 0 Å². The van der Waals surface area contributed by atoms with Gasteiger partial charge >= 0.3 is 306 Å². The third-order valence-electron chi connectivity index (χ3n) is 11.8. The molecule has 5 aromatic rings. The molecule has 270 valence electrons. The fourth-order valence-electron chi connectivity index (χ4n) is 9.33. The van der Waals surface area contributed by atoms with Crippen molar-refractivity contribution >= 4 is 43.8 Å². The maximum absolute atomic E-state index is 3.81. The quantitative estimate of drug-likeness (QED) is 0.150. The van der Waals surface area contributed by atoms with Crippen molar-refractivity contribution in [2.45, 2.75) is 77.3 Å². The van der Waals surface area contributed by atoms with Gasteiger partial charge in [0.15, 0.2) is 0 Å². The van der Waals surface area contributed by atoms with Crippen LogP contribution in [0.4, 0.5) is 0 Å². The summed E-state index contributed by atoms with van der Waals surface area (Å²) in [6, 6.07) is 39.8. The Balaban J connectivity index is 0.00000261. The third kappa shape index (κ3) is 7.11. The van der Waals surface area contributed by atoms with Gasteiger partial charge in [-0.2, -0.15) is 0 Å². The molecule has 0 saturated heterocycles. The number of benzene rings is 5. The van der Waals surface area contributed by atoms with Crippen molar-refractivity contribution in [3.63, 3.8) is 0 Å². The van der Waals surface area contributed by atoms with Gasteiger partial charge in [-0.05, 0) is 0 Å². The normalized spacial score (nSPS) is 16.8.